The minimum absolute atomic E-state index is 0. The number of oxazole rings is 1. The van der Waals surface area contributed by atoms with E-state index in [0.717, 1.165) is 22.1 Å². The average Bonchev–Trinajstić information content (AvgIpc) is 3.08. The molecule has 18 heavy (non-hydrogen) atoms. The third-order valence-electron chi connectivity index (χ3n) is 2.46. The molecule has 0 aliphatic rings. The van der Waals surface area contributed by atoms with Crippen molar-refractivity contribution in [2.24, 2.45) is 0 Å². The van der Waals surface area contributed by atoms with Crippen molar-refractivity contribution in [1.29, 1.82) is 0 Å². The number of para-hydroxylation sites is 4. The third-order valence-corrected chi connectivity index (χ3v) is 2.46. The van der Waals surface area contributed by atoms with Gasteiger partial charge in [-0.25, -0.2) is 4.98 Å². The molecule has 4 rings (SSSR count). The zero-order chi connectivity index (χ0) is 12.2. The van der Waals surface area contributed by atoms with Gasteiger partial charge in [-0.3, -0.25) is 0 Å². The molecule has 0 spiro atoms. The average molecular weight is 240 g/mol. The highest BCUT2D eigenvalue weighted by Crippen LogP contribution is 2.09. The number of fused-ring (bicyclic) bond motifs is 2. The fraction of sp³-hybridized carbons (Fsp3) is 0. The molecule has 5 nitrogen and oxygen atoms in total. The van der Waals surface area contributed by atoms with Crippen LogP contribution in [0.25, 0.3) is 22.1 Å². The molecule has 0 unspecified atom stereocenters. The number of hydrogen-bond donors (Lipinski definition) is 1. The number of aromatic nitrogens is 4. The van der Waals surface area contributed by atoms with Gasteiger partial charge in [-0.15, -0.1) is 0 Å². The minimum Gasteiger partial charge on any atom is -0.443 e. The van der Waals surface area contributed by atoms with Gasteiger partial charge in [0.05, 0.1) is 0 Å². The monoisotopic (exact) mass is 240 g/mol. The van der Waals surface area contributed by atoms with Crippen LogP contribution in [0.2, 0.25) is 0 Å². The topological polar surface area (TPSA) is 67.6 Å². The number of H-pyrrole nitrogens is 1. The molecule has 0 amide bonds. The van der Waals surface area contributed by atoms with Crippen molar-refractivity contribution in [3.05, 3.63) is 54.9 Å². The Balaban J connectivity index is 0.000000133. The van der Waals surface area contributed by atoms with Crippen LogP contribution in [0.3, 0.4) is 0 Å². The van der Waals surface area contributed by atoms with E-state index in [-0.39, 0.29) is 1.43 Å². The molecule has 0 saturated carbocycles. The highest BCUT2D eigenvalue weighted by Gasteiger charge is 1.91. The van der Waals surface area contributed by atoms with Crippen molar-refractivity contribution >= 4 is 22.1 Å². The Labute approximate surface area is 104 Å². The van der Waals surface area contributed by atoms with Crippen molar-refractivity contribution in [2.45, 2.75) is 0 Å². The van der Waals surface area contributed by atoms with Gasteiger partial charge in [0.15, 0.2) is 12.0 Å². The summed E-state index contributed by atoms with van der Waals surface area (Å²) < 4.78 is 5.01. The molecule has 0 bridgehead atoms. The summed E-state index contributed by atoms with van der Waals surface area (Å²) in [5.74, 6) is 0. The van der Waals surface area contributed by atoms with Gasteiger partial charge in [-0.1, -0.05) is 24.3 Å². The van der Waals surface area contributed by atoms with Gasteiger partial charge < -0.3 is 4.42 Å². The Bertz CT molecular complexity index is 639. The van der Waals surface area contributed by atoms with Gasteiger partial charge in [0.2, 0.25) is 0 Å². The van der Waals surface area contributed by atoms with Gasteiger partial charge >= 0.3 is 0 Å². The number of benzene rings is 2. The quantitative estimate of drug-likeness (QED) is 0.513. The van der Waals surface area contributed by atoms with E-state index in [1.807, 2.05) is 48.5 Å². The first-order chi connectivity index (χ1) is 8.93. The first-order valence-electron chi connectivity index (χ1n) is 5.47. The Morgan fingerprint density at radius 1 is 0.833 bits per heavy atom. The molecular weight excluding hydrogens is 228 g/mol. The van der Waals surface area contributed by atoms with Crippen LogP contribution in [0.5, 0.6) is 0 Å². The van der Waals surface area contributed by atoms with Crippen LogP contribution in [0.4, 0.5) is 0 Å². The lowest BCUT2D eigenvalue weighted by atomic mass is 10.3. The lowest BCUT2D eigenvalue weighted by Gasteiger charge is -1.79. The molecular formula is C13H12N4O. The number of hydrogen-bond acceptors (Lipinski definition) is 4. The van der Waals surface area contributed by atoms with Gasteiger partial charge in [-0.2, -0.15) is 15.4 Å². The molecule has 5 heteroatoms. The fourth-order valence-electron chi connectivity index (χ4n) is 1.59. The molecule has 0 radical (unpaired) electrons. The van der Waals surface area contributed by atoms with E-state index in [1.165, 1.54) is 6.39 Å². The van der Waals surface area contributed by atoms with Crippen LogP contribution in [0.1, 0.15) is 1.43 Å². The zero-order valence-electron chi connectivity index (χ0n) is 9.45. The summed E-state index contributed by atoms with van der Waals surface area (Å²) in [7, 11) is 0. The Hall–Kier alpha value is -2.69. The van der Waals surface area contributed by atoms with Crippen molar-refractivity contribution in [2.75, 3.05) is 0 Å². The van der Waals surface area contributed by atoms with Crippen molar-refractivity contribution in [1.82, 2.24) is 20.4 Å². The summed E-state index contributed by atoms with van der Waals surface area (Å²) in [6.45, 7) is 0. The number of aromatic amines is 1. The second-order valence-electron chi connectivity index (χ2n) is 3.63. The van der Waals surface area contributed by atoms with Crippen LogP contribution in [0, 0.1) is 0 Å². The van der Waals surface area contributed by atoms with E-state index in [0.29, 0.717) is 0 Å². The van der Waals surface area contributed by atoms with Crippen molar-refractivity contribution in [3.8, 4) is 0 Å². The molecule has 4 aromatic rings. The maximum absolute atomic E-state index is 5.01. The van der Waals surface area contributed by atoms with E-state index in [2.05, 4.69) is 20.4 Å². The first-order valence-corrected chi connectivity index (χ1v) is 5.47. The van der Waals surface area contributed by atoms with E-state index < -0.39 is 0 Å². The first kappa shape index (κ1) is 10.5. The molecule has 1 N–H and O–H groups in total. The van der Waals surface area contributed by atoms with Crippen molar-refractivity contribution < 1.29 is 5.84 Å². The predicted octanol–water partition coefficient (Wildman–Crippen LogP) is 3.03. The summed E-state index contributed by atoms with van der Waals surface area (Å²) in [5.41, 5.74) is 3.59. The van der Waals surface area contributed by atoms with Crippen LogP contribution in [0.15, 0.2) is 59.3 Å². The molecule has 0 saturated heterocycles. The fourth-order valence-corrected chi connectivity index (χ4v) is 1.59. The zero-order valence-corrected chi connectivity index (χ0v) is 9.45. The maximum Gasteiger partial charge on any atom is 0.181 e. The Morgan fingerprint density at radius 3 is 2.11 bits per heavy atom. The van der Waals surface area contributed by atoms with Crippen LogP contribution >= 0.6 is 0 Å². The maximum atomic E-state index is 5.01. The Kier molecular flexibility index (Phi) is 2.71. The van der Waals surface area contributed by atoms with Crippen molar-refractivity contribution in [3.63, 3.8) is 0 Å². The minimum atomic E-state index is 0. The largest absolute Gasteiger partial charge is 0.443 e. The number of nitrogens with one attached hydrogen (secondary N) is 1. The molecule has 2 aromatic carbocycles. The van der Waals surface area contributed by atoms with Crippen LogP contribution < -0.4 is 0 Å². The number of nitrogens with zero attached hydrogens (tertiary/aromatic N) is 3. The van der Waals surface area contributed by atoms with Gasteiger partial charge in [-0.05, 0) is 24.3 Å². The molecule has 0 aliphatic heterocycles. The van der Waals surface area contributed by atoms with Crippen LogP contribution in [-0.2, 0) is 0 Å². The van der Waals surface area contributed by atoms with Gasteiger partial charge in [0, 0.05) is 1.43 Å². The summed E-state index contributed by atoms with van der Waals surface area (Å²) in [6, 6.07) is 15.4. The summed E-state index contributed by atoms with van der Waals surface area (Å²) in [4.78, 5) is 3.95. The molecule has 90 valence electrons. The summed E-state index contributed by atoms with van der Waals surface area (Å²) >= 11 is 0. The third kappa shape index (κ3) is 2.06. The molecule has 0 atom stereocenters. The highest BCUT2D eigenvalue weighted by atomic mass is 16.3. The second-order valence-corrected chi connectivity index (χ2v) is 3.63. The molecule has 2 aromatic heterocycles. The van der Waals surface area contributed by atoms with Gasteiger partial charge in [0.1, 0.15) is 16.6 Å². The SMILES string of the molecule is [HH].c1ccc2n[nH]nc2c1.c1ccc2ocnc2c1. The van der Waals surface area contributed by atoms with Gasteiger partial charge in [0.25, 0.3) is 0 Å². The summed E-state index contributed by atoms with van der Waals surface area (Å²) in [6.07, 6.45) is 1.45. The normalized spacial score (nSPS) is 10.2. The van der Waals surface area contributed by atoms with E-state index in [4.69, 9.17) is 4.42 Å². The van der Waals surface area contributed by atoms with E-state index >= 15 is 0 Å². The second kappa shape index (κ2) is 4.67. The van der Waals surface area contributed by atoms with E-state index in [1.54, 1.807) is 0 Å². The smallest absolute Gasteiger partial charge is 0.181 e. The summed E-state index contributed by atoms with van der Waals surface area (Å²) in [5, 5.41) is 10.3. The van der Waals surface area contributed by atoms with E-state index in [9.17, 15) is 0 Å². The molecule has 2 heterocycles. The number of rotatable bonds is 0. The molecule has 0 aliphatic carbocycles. The van der Waals surface area contributed by atoms with Crippen LogP contribution in [-0.4, -0.2) is 20.4 Å². The lowest BCUT2D eigenvalue weighted by Crippen LogP contribution is -1.63. The predicted molar refractivity (Wildman–Crippen MR) is 70.0 cm³/mol. The highest BCUT2D eigenvalue weighted by molar-refractivity contribution is 5.72. The standard InChI is InChI=1S/C7H5NO.C6H5N3.H2/c1-2-4-7-6(3-1)8-5-9-7;1-2-4-6-5(3-1)7-9-8-6;/h1-5H;1-4H,(H,7,8,9);1H. The molecule has 0 fully saturated rings. The Morgan fingerprint density at radius 2 is 1.44 bits per heavy atom. The lowest BCUT2D eigenvalue weighted by molar-refractivity contribution is 0.602.